The average molecular weight is 275 g/mol. The molecule has 84 valence electrons. The summed E-state index contributed by atoms with van der Waals surface area (Å²) in [6, 6.07) is 13.1. The molecule has 3 heteroatoms. The molecule has 3 heterocycles. The summed E-state index contributed by atoms with van der Waals surface area (Å²) in [6.45, 7) is 2.17. The van der Waals surface area contributed by atoms with E-state index in [4.69, 9.17) is 0 Å². The summed E-state index contributed by atoms with van der Waals surface area (Å²) in [5, 5.41) is 4.27. The first-order chi connectivity index (χ1) is 8.33. The van der Waals surface area contributed by atoms with Crippen LogP contribution in [0.4, 0.5) is 0 Å². The maximum Gasteiger partial charge on any atom is 0.248 e. The van der Waals surface area contributed by atoms with Gasteiger partial charge < -0.3 is 0 Å². The molecule has 3 aromatic heterocycles. The van der Waals surface area contributed by atoms with Crippen LogP contribution in [0.25, 0.3) is 19.5 Å². The largest absolute Gasteiger partial charge is 0.248 e. The molecule has 0 aromatic carbocycles. The highest BCUT2D eigenvalue weighted by atomic mass is 32.1. The lowest BCUT2D eigenvalue weighted by atomic mass is 10.2. The van der Waals surface area contributed by atoms with Crippen LogP contribution in [0.2, 0.25) is 0 Å². The first-order valence-electron chi connectivity index (χ1n) is 5.35. The molecule has 17 heavy (non-hydrogen) atoms. The summed E-state index contributed by atoms with van der Waals surface area (Å²) in [4.78, 5) is 5.44. The third-order valence-electron chi connectivity index (χ3n) is 2.47. The molecule has 0 nitrogen and oxygen atoms in total. The average Bonchev–Trinajstić information content (AvgIpc) is 3.02. The first kappa shape index (κ1) is 11.1. The molecule has 0 aliphatic rings. The summed E-state index contributed by atoms with van der Waals surface area (Å²) >= 11 is 5.48. The number of aryl methyl sites for hydroxylation is 1. The predicted molar refractivity (Wildman–Crippen MR) is 80.1 cm³/mol. The van der Waals surface area contributed by atoms with Gasteiger partial charge in [0.25, 0.3) is 0 Å². The third kappa shape index (κ3) is 2.32. The van der Waals surface area contributed by atoms with Crippen molar-refractivity contribution in [1.29, 1.82) is 0 Å². The highest BCUT2D eigenvalue weighted by Crippen LogP contribution is 2.37. The summed E-state index contributed by atoms with van der Waals surface area (Å²) in [7, 11) is 0. The molecule has 0 spiro atoms. The maximum atomic E-state index is 2.27. The fourth-order valence-electron chi connectivity index (χ4n) is 1.71. The standard InChI is InChI=1S/C14H11S3/c1-10-8-13(11-4-2-6-15-11)17-14(9-10)12-5-3-7-16-12/h2-9H,1H3/q+1. The Morgan fingerprint density at radius 3 is 1.82 bits per heavy atom. The smallest absolute Gasteiger partial charge is 0.139 e. The van der Waals surface area contributed by atoms with Gasteiger partial charge in [-0.3, -0.25) is 0 Å². The van der Waals surface area contributed by atoms with Crippen LogP contribution in [0.15, 0.2) is 47.2 Å². The van der Waals surface area contributed by atoms with E-state index in [2.05, 4.69) is 54.1 Å². The quantitative estimate of drug-likeness (QED) is 0.519. The van der Waals surface area contributed by atoms with Crippen molar-refractivity contribution in [3.63, 3.8) is 0 Å². The van der Waals surface area contributed by atoms with E-state index in [0.29, 0.717) is 0 Å². The normalized spacial score (nSPS) is 10.6. The van der Waals surface area contributed by atoms with Crippen molar-refractivity contribution in [2.24, 2.45) is 0 Å². The third-order valence-corrected chi connectivity index (χ3v) is 5.65. The molecule has 0 bridgehead atoms. The lowest BCUT2D eigenvalue weighted by molar-refractivity contribution is 1.51. The van der Waals surface area contributed by atoms with Gasteiger partial charge in [0.2, 0.25) is 21.1 Å². The minimum Gasteiger partial charge on any atom is -0.139 e. The van der Waals surface area contributed by atoms with Crippen LogP contribution < -0.4 is 0 Å². The Balaban J connectivity index is 2.13. The Morgan fingerprint density at radius 2 is 1.41 bits per heavy atom. The Bertz CT molecular complexity index is 554. The number of thiophene rings is 2. The Morgan fingerprint density at radius 1 is 0.882 bits per heavy atom. The summed E-state index contributed by atoms with van der Waals surface area (Å²) < 4.78 is 0. The van der Waals surface area contributed by atoms with Gasteiger partial charge in [0.05, 0.1) is 9.75 Å². The summed E-state index contributed by atoms with van der Waals surface area (Å²) in [6.07, 6.45) is 0. The molecule has 0 aliphatic carbocycles. The van der Waals surface area contributed by atoms with Crippen molar-refractivity contribution in [1.82, 2.24) is 0 Å². The highest BCUT2D eigenvalue weighted by molar-refractivity contribution is 7.25. The molecule has 0 saturated heterocycles. The second kappa shape index (κ2) is 4.69. The van der Waals surface area contributed by atoms with E-state index in [-0.39, 0.29) is 0 Å². The van der Waals surface area contributed by atoms with Crippen molar-refractivity contribution in [3.8, 4) is 19.5 Å². The molecule has 0 amide bonds. The van der Waals surface area contributed by atoms with Gasteiger partial charge in [0, 0.05) is 12.1 Å². The second-order valence-electron chi connectivity index (χ2n) is 3.82. The lowest BCUT2D eigenvalue weighted by Crippen LogP contribution is -1.76. The van der Waals surface area contributed by atoms with Crippen molar-refractivity contribution in [2.45, 2.75) is 6.92 Å². The molecular formula is C14H11S3+. The highest BCUT2D eigenvalue weighted by Gasteiger charge is 2.18. The Labute approximate surface area is 113 Å². The van der Waals surface area contributed by atoms with E-state index < -0.39 is 0 Å². The van der Waals surface area contributed by atoms with Crippen LogP contribution in [0.5, 0.6) is 0 Å². The van der Waals surface area contributed by atoms with Crippen LogP contribution >= 0.6 is 34.0 Å². The molecule has 0 saturated carbocycles. The van der Waals surface area contributed by atoms with E-state index in [1.165, 1.54) is 25.1 Å². The summed E-state index contributed by atoms with van der Waals surface area (Å²) in [5.41, 5.74) is 1.33. The van der Waals surface area contributed by atoms with Crippen molar-refractivity contribution in [2.75, 3.05) is 0 Å². The molecule has 0 aliphatic heterocycles. The Kier molecular flexibility index (Phi) is 3.05. The van der Waals surface area contributed by atoms with E-state index in [9.17, 15) is 0 Å². The number of rotatable bonds is 2. The van der Waals surface area contributed by atoms with Crippen molar-refractivity contribution >= 4 is 34.0 Å². The fourth-order valence-corrected chi connectivity index (χ4v) is 4.59. The topological polar surface area (TPSA) is 0 Å². The molecule has 0 unspecified atom stereocenters. The molecule has 3 aromatic rings. The van der Waals surface area contributed by atoms with Gasteiger partial charge in [-0.25, -0.2) is 0 Å². The van der Waals surface area contributed by atoms with E-state index in [1.807, 2.05) is 11.3 Å². The van der Waals surface area contributed by atoms with E-state index >= 15 is 0 Å². The number of hydrogen-bond donors (Lipinski definition) is 0. The zero-order chi connectivity index (χ0) is 11.7. The van der Waals surface area contributed by atoms with Gasteiger partial charge >= 0.3 is 0 Å². The van der Waals surface area contributed by atoms with Crippen LogP contribution in [0.3, 0.4) is 0 Å². The SMILES string of the molecule is Cc1cc(-c2cccs2)[s+]c(-c2cccs2)c1. The fraction of sp³-hybridized carbons (Fsp3) is 0.0714. The van der Waals surface area contributed by atoms with E-state index in [1.54, 1.807) is 22.7 Å². The molecule has 0 fully saturated rings. The van der Waals surface area contributed by atoms with Gasteiger partial charge in [-0.05, 0) is 35.4 Å². The Hall–Kier alpha value is -1.03. The van der Waals surface area contributed by atoms with Crippen molar-refractivity contribution in [3.05, 3.63) is 52.7 Å². The zero-order valence-corrected chi connectivity index (χ0v) is 11.8. The van der Waals surface area contributed by atoms with Crippen molar-refractivity contribution < 1.29 is 0 Å². The maximum absolute atomic E-state index is 2.27. The van der Waals surface area contributed by atoms with Crippen LogP contribution in [-0.4, -0.2) is 0 Å². The van der Waals surface area contributed by atoms with Crippen LogP contribution in [0.1, 0.15) is 5.56 Å². The van der Waals surface area contributed by atoms with Gasteiger partial charge in [0.15, 0.2) is 0 Å². The zero-order valence-electron chi connectivity index (χ0n) is 9.34. The molecule has 0 N–H and O–H groups in total. The van der Waals surface area contributed by atoms with Crippen LogP contribution in [0, 0.1) is 6.92 Å². The summed E-state index contributed by atoms with van der Waals surface area (Å²) in [5.74, 6) is 0. The van der Waals surface area contributed by atoms with Crippen LogP contribution in [-0.2, 0) is 0 Å². The van der Waals surface area contributed by atoms with Gasteiger partial charge in [0.1, 0.15) is 0 Å². The molecule has 3 rings (SSSR count). The van der Waals surface area contributed by atoms with E-state index in [0.717, 1.165) is 0 Å². The van der Waals surface area contributed by atoms with Gasteiger partial charge in [-0.15, -0.1) is 22.7 Å². The second-order valence-corrected chi connectivity index (χ2v) is 6.80. The predicted octanol–water partition coefficient (Wildman–Crippen LogP) is 5.79. The minimum absolute atomic E-state index is 1.33. The molecule has 0 atom stereocenters. The minimum atomic E-state index is 1.33. The number of hydrogen-bond acceptors (Lipinski definition) is 2. The van der Waals surface area contributed by atoms with Gasteiger partial charge in [-0.1, -0.05) is 12.1 Å². The lowest BCUT2D eigenvalue weighted by Gasteiger charge is -1.92. The monoisotopic (exact) mass is 275 g/mol. The first-order valence-corrected chi connectivity index (χ1v) is 7.93. The molecule has 0 radical (unpaired) electrons. The van der Waals surface area contributed by atoms with Gasteiger partial charge in [-0.2, -0.15) is 0 Å². The molecular weight excluding hydrogens is 264 g/mol.